The van der Waals surface area contributed by atoms with Crippen molar-refractivity contribution in [2.45, 2.75) is 106 Å². The lowest BCUT2D eigenvalue weighted by Crippen LogP contribution is -2.39. The van der Waals surface area contributed by atoms with Crippen LogP contribution in [-0.4, -0.2) is 34.7 Å². The van der Waals surface area contributed by atoms with Gasteiger partial charge in [-0.3, -0.25) is 4.98 Å². The van der Waals surface area contributed by atoms with Gasteiger partial charge in [-0.15, -0.1) is 0 Å². The van der Waals surface area contributed by atoms with Crippen molar-refractivity contribution in [1.82, 2.24) is 9.88 Å². The van der Waals surface area contributed by atoms with Crippen LogP contribution in [0.25, 0.3) is 11.6 Å². The maximum Gasteiger partial charge on any atom is 0.410 e. The molecule has 0 saturated heterocycles. The third-order valence-corrected chi connectivity index (χ3v) is 7.21. The lowest BCUT2D eigenvalue weighted by Gasteiger charge is -2.28. The van der Waals surface area contributed by atoms with Gasteiger partial charge in [-0.2, -0.15) is 0 Å². The second kappa shape index (κ2) is 16.7. The molecule has 1 aromatic carbocycles. The first kappa shape index (κ1) is 35.3. The SMILES string of the molecule is CC/C=C(CCC)\C(=C\C(C)c1cccc(Cl)c1)c1c(C)ncc(C)c1/C=C\CCN(CC(C)C)C(=O)OC(C)(C)C. The zero-order chi connectivity index (χ0) is 31.4. The first-order valence-corrected chi connectivity index (χ1v) is 15.9. The average molecular weight is 593 g/mol. The molecule has 0 bridgehead atoms. The zero-order valence-electron chi connectivity index (χ0n) is 27.7. The van der Waals surface area contributed by atoms with E-state index in [9.17, 15) is 4.79 Å². The molecule has 0 aliphatic rings. The normalized spacial score (nSPS) is 13.6. The van der Waals surface area contributed by atoms with E-state index in [4.69, 9.17) is 21.3 Å². The number of hydrogen-bond acceptors (Lipinski definition) is 3. The van der Waals surface area contributed by atoms with Crippen LogP contribution in [0.4, 0.5) is 4.79 Å². The number of amides is 1. The van der Waals surface area contributed by atoms with E-state index < -0.39 is 5.60 Å². The fourth-order valence-electron chi connectivity index (χ4n) is 5.08. The number of aromatic nitrogens is 1. The van der Waals surface area contributed by atoms with Crippen molar-refractivity contribution in [2.75, 3.05) is 13.1 Å². The van der Waals surface area contributed by atoms with Crippen LogP contribution in [0.2, 0.25) is 5.02 Å². The fourth-order valence-corrected chi connectivity index (χ4v) is 5.28. The van der Waals surface area contributed by atoms with Crippen LogP contribution in [0, 0.1) is 19.8 Å². The summed E-state index contributed by atoms with van der Waals surface area (Å²) in [5.74, 6) is 0.528. The lowest BCUT2D eigenvalue weighted by atomic mass is 9.85. The van der Waals surface area contributed by atoms with Crippen LogP contribution in [0.3, 0.4) is 0 Å². The van der Waals surface area contributed by atoms with E-state index >= 15 is 0 Å². The maximum atomic E-state index is 12.9. The predicted octanol–water partition coefficient (Wildman–Crippen LogP) is 11.0. The van der Waals surface area contributed by atoms with Crippen molar-refractivity contribution in [2.24, 2.45) is 5.92 Å². The van der Waals surface area contributed by atoms with E-state index in [1.807, 2.05) is 44.0 Å². The number of allylic oxidation sites excluding steroid dienone is 4. The second-order valence-corrected chi connectivity index (χ2v) is 13.1. The average Bonchev–Trinajstić information content (AvgIpc) is 2.89. The summed E-state index contributed by atoms with van der Waals surface area (Å²) in [6.45, 7) is 22.1. The molecule has 230 valence electrons. The predicted molar refractivity (Wildman–Crippen MR) is 181 cm³/mol. The minimum atomic E-state index is -0.518. The quantitative estimate of drug-likeness (QED) is 0.217. The first-order chi connectivity index (χ1) is 19.8. The standard InChI is InChI=1S/C37H53ClN2O2/c1-11-16-30(17-12-2)34(22-27(5)31-18-15-19-32(38)23-31)35-29(7)39-24-28(6)33(35)20-13-14-21-40(25-26(3)4)36(41)42-37(8,9)10/h13,15-16,18-20,22-24,26-27H,11-12,14,17,21,25H2,1-10H3/b20-13-,30-16-,34-22-. The molecule has 0 radical (unpaired) electrons. The number of rotatable bonds is 13. The summed E-state index contributed by atoms with van der Waals surface area (Å²) in [5, 5.41) is 0.752. The van der Waals surface area contributed by atoms with E-state index in [2.05, 4.69) is 84.9 Å². The molecule has 4 nitrogen and oxygen atoms in total. The van der Waals surface area contributed by atoms with Crippen LogP contribution >= 0.6 is 11.6 Å². The summed E-state index contributed by atoms with van der Waals surface area (Å²) in [4.78, 5) is 19.5. The molecule has 0 saturated carbocycles. The highest BCUT2D eigenvalue weighted by Crippen LogP contribution is 2.36. The van der Waals surface area contributed by atoms with E-state index in [-0.39, 0.29) is 12.0 Å². The van der Waals surface area contributed by atoms with Gasteiger partial charge in [0.2, 0.25) is 0 Å². The van der Waals surface area contributed by atoms with E-state index in [0.717, 1.165) is 42.0 Å². The summed E-state index contributed by atoms with van der Waals surface area (Å²) >= 11 is 6.36. The Morgan fingerprint density at radius 3 is 2.45 bits per heavy atom. The lowest BCUT2D eigenvalue weighted by molar-refractivity contribution is 0.0232. The molecular formula is C37H53ClN2O2. The summed E-state index contributed by atoms with van der Waals surface area (Å²) in [6.07, 6.45) is 14.6. The van der Waals surface area contributed by atoms with Crippen molar-refractivity contribution in [3.8, 4) is 0 Å². The van der Waals surface area contributed by atoms with Crippen LogP contribution in [0.5, 0.6) is 0 Å². The molecule has 1 aromatic heterocycles. The molecule has 1 amide bonds. The van der Waals surface area contributed by atoms with Crippen LogP contribution in [0.1, 0.15) is 115 Å². The number of carbonyl (C=O) groups is 1. The van der Waals surface area contributed by atoms with Gasteiger partial charge in [-0.1, -0.05) is 89.1 Å². The van der Waals surface area contributed by atoms with Gasteiger partial charge in [0, 0.05) is 35.6 Å². The summed E-state index contributed by atoms with van der Waals surface area (Å²) in [7, 11) is 0. The summed E-state index contributed by atoms with van der Waals surface area (Å²) in [6, 6.07) is 8.14. The molecule has 5 heteroatoms. The van der Waals surface area contributed by atoms with Crippen molar-refractivity contribution >= 4 is 29.3 Å². The fraction of sp³-hybridized carbons (Fsp3) is 0.514. The molecule has 2 rings (SSSR count). The van der Waals surface area contributed by atoms with E-state index in [1.54, 1.807) is 0 Å². The number of halogens is 1. The van der Waals surface area contributed by atoms with Gasteiger partial charge in [0.25, 0.3) is 0 Å². The Balaban J connectivity index is 2.54. The van der Waals surface area contributed by atoms with E-state index in [1.165, 1.54) is 27.8 Å². The maximum absolute atomic E-state index is 12.9. The minimum Gasteiger partial charge on any atom is -0.444 e. The van der Waals surface area contributed by atoms with Crippen LogP contribution in [0.15, 0.2) is 54.3 Å². The largest absolute Gasteiger partial charge is 0.444 e. The minimum absolute atomic E-state index is 0.172. The molecule has 2 aromatic rings. The first-order valence-electron chi connectivity index (χ1n) is 15.5. The van der Waals surface area contributed by atoms with Crippen molar-refractivity contribution < 1.29 is 9.53 Å². The van der Waals surface area contributed by atoms with Gasteiger partial charge in [0.1, 0.15) is 5.60 Å². The third-order valence-electron chi connectivity index (χ3n) is 6.97. The van der Waals surface area contributed by atoms with Gasteiger partial charge in [-0.05, 0) is 106 Å². The number of carbonyl (C=O) groups excluding carboxylic acids is 1. The highest BCUT2D eigenvalue weighted by atomic mass is 35.5. The molecule has 42 heavy (non-hydrogen) atoms. The summed E-state index contributed by atoms with van der Waals surface area (Å²) < 4.78 is 5.69. The Labute approximate surface area is 260 Å². The van der Waals surface area contributed by atoms with Gasteiger partial charge in [0.05, 0.1) is 0 Å². The van der Waals surface area contributed by atoms with Gasteiger partial charge < -0.3 is 9.64 Å². The van der Waals surface area contributed by atoms with Crippen LogP contribution < -0.4 is 0 Å². The van der Waals surface area contributed by atoms with Crippen molar-refractivity contribution in [1.29, 1.82) is 0 Å². The van der Waals surface area contributed by atoms with Crippen LogP contribution in [-0.2, 0) is 4.74 Å². The Hall–Kier alpha value is -2.85. The number of nitrogens with zero attached hydrogens (tertiary/aromatic N) is 2. The Bertz CT molecular complexity index is 1270. The molecule has 0 aliphatic heterocycles. The second-order valence-electron chi connectivity index (χ2n) is 12.6. The van der Waals surface area contributed by atoms with Crippen molar-refractivity contribution in [3.63, 3.8) is 0 Å². The Kier molecular flexibility index (Phi) is 14.1. The highest BCUT2D eigenvalue weighted by Gasteiger charge is 2.22. The molecule has 0 fully saturated rings. The Morgan fingerprint density at radius 2 is 1.86 bits per heavy atom. The summed E-state index contributed by atoms with van der Waals surface area (Å²) in [5.41, 5.74) is 7.77. The molecule has 0 aliphatic carbocycles. The molecule has 1 atom stereocenters. The molecule has 0 spiro atoms. The molecule has 1 heterocycles. The number of hydrogen-bond donors (Lipinski definition) is 0. The molecule has 1 unspecified atom stereocenters. The van der Waals surface area contributed by atoms with Gasteiger partial charge >= 0.3 is 6.09 Å². The smallest absolute Gasteiger partial charge is 0.410 e. The topological polar surface area (TPSA) is 42.4 Å². The number of benzene rings is 1. The number of pyridine rings is 1. The van der Waals surface area contributed by atoms with Gasteiger partial charge in [0.15, 0.2) is 0 Å². The number of aryl methyl sites for hydroxylation is 2. The number of ether oxygens (including phenoxy) is 1. The molecule has 0 N–H and O–H groups in total. The van der Waals surface area contributed by atoms with Crippen molar-refractivity contribution in [3.05, 3.63) is 87.2 Å². The van der Waals surface area contributed by atoms with E-state index in [0.29, 0.717) is 19.0 Å². The van der Waals surface area contributed by atoms with Gasteiger partial charge in [-0.25, -0.2) is 4.79 Å². The monoisotopic (exact) mass is 592 g/mol. The zero-order valence-corrected chi connectivity index (χ0v) is 28.4. The Morgan fingerprint density at radius 1 is 1.14 bits per heavy atom. The molecular weight excluding hydrogens is 540 g/mol. The highest BCUT2D eigenvalue weighted by molar-refractivity contribution is 6.30. The third kappa shape index (κ3) is 11.1.